The number of thiophene rings is 1. The second-order valence-corrected chi connectivity index (χ2v) is 9.75. The van der Waals surface area contributed by atoms with Gasteiger partial charge in [0, 0.05) is 18.2 Å². The number of nitrogens with one attached hydrogen (secondary N) is 1. The van der Waals surface area contributed by atoms with Crippen molar-refractivity contribution in [3.05, 3.63) is 58.0 Å². The Morgan fingerprint density at radius 2 is 2.19 bits per heavy atom. The Hall–Kier alpha value is -2.46. The van der Waals surface area contributed by atoms with Gasteiger partial charge in [0.25, 0.3) is 5.56 Å². The molecule has 0 unspecified atom stereocenters. The zero-order valence-electron chi connectivity index (χ0n) is 16.9. The number of anilines is 1. The molecular weight excluding hydrogens is 468 g/mol. The summed E-state index contributed by atoms with van der Waals surface area (Å²) in [5.41, 5.74) is 1.05. The Kier molecular flexibility index (Phi) is 6.14. The number of para-hydroxylation sites is 1. The van der Waals surface area contributed by atoms with E-state index in [1.165, 1.54) is 23.1 Å². The molecule has 0 spiro atoms. The summed E-state index contributed by atoms with van der Waals surface area (Å²) in [4.78, 5) is 35.9. The number of thioether (sulfide) groups is 1. The van der Waals surface area contributed by atoms with Gasteiger partial charge in [-0.2, -0.15) is 0 Å². The summed E-state index contributed by atoms with van der Waals surface area (Å²) in [6.45, 7) is 1.11. The molecule has 7 nitrogen and oxygen atoms in total. The van der Waals surface area contributed by atoms with Gasteiger partial charge in [-0.3, -0.25) is 14.2 Å². The molecule has 10 heteroatoms. The average molecular weight is 487 g/mol. The number of amides is 1. The first-order valence-electron chi connectivity index (χ1n) is 10.2. The minimum atomic E-state index is -0.224. The van der Waals surface area contributed by atoms with E-state index in [2.05, 4.69) is 10.3 Å². The summed E-state index contributed by atoms with van der Waals surface area (Å²) in [7, 11) is 0. The first-order chi connectivity index (χ1) is 15.6. The summed E-state index contributed by atoms with van der Waals surface area (Å²) < 4.78 is 7.97. The molecule has 164 valence electrons. The Labute approximate surface area is 196 Å². The van der Waals surface area contributed by atoms with E-state index < -0.39 is 0 Å². The van der Waals surface area contributed by atoms with Crippen molar-refractivity contribution in [2.45, 2.75) is 30.6 Å². The second kappa shape index (κ2) is 9.19. The Morgan fingerprint density at radius 3 is 3.00 bits per heavy atom. The zero-order chi connectivity index (χ0) is 22.1. The van der Waals surface area contributed by atoms with Crippen LogP contribution in [0.3, 0.4) is 0 Å². The third kappa shape index (κ3) is 4.25. The first kappa shape index (κ1) is 21.4. The highest BCUT2D eigenvalue weighted by molar-refractivity contribution is 7.99. The van der Waals surface area contributed by atoms with Crippen molar-refractivity contribution in [2.75, 3.05) is 17.7 Å². The number of pyridine rings is 1. The molecule has 1 amide bonds. The first-order valence-corrected chi connectivity index (χ1v) is 12.3. The minimum Gasteiger partial charge on any atom is -0.376 e. The number of nitrogens with zero attached hydrogens (tertiary/aromatic N) is 3. The number of halogens is 1. The number of benzene rings is 1. The van der Waals surface area contributed by atoms with Gasteiger partial charge in [-0.25, -0.2) is 9.97 Å². The van der Waals surface area contributed by atoms with Gasteiger partial charge in [-0.05, 0) is 37.1 Å². The van der Waals surface area contributed by atoms with E-state index in [9.17, 15) is 9.59 Å². The highest BCUT2D eigenvalue weighted by Gasteiger charge is 2.22. The molecule has 1 fully saturated rings. The molecular formula is C22H19ClN4O3S2. The fraction of sp³-hybridized carbons (Fsp3) is 0.273. The van der Waals surface area contributed by atoms with Gasteiger partial charge in [0.15, 0.2) is 5.16 Å². The van der Waals surface area contributed by atoms with Gasteiger partial charge in [0.05, 0.1) is 34.6 Å². The normalized spacial score (nSPS) is 16.1. The molecule has 0 aliphatic carbocycles. The molecule has 1 aromatic carbocycles. The van der Waals surface area contributed by atoms with Crippen LogP contribution in [-0.2, 0) is 16.1 Å². The zero-order valence-corrected chi connectivity index (χ0v) is 19.3. The van der Waals surface area contributed by atoms with Crippen LogP contribution in [0.15, 0.2) is 52.5 Å². The van der Waals surface area contributed by atoms with Crippen LogP contribution in [0.25, 0.3) is 20.4 Å². The molecule has 3 aromatic heterocycles. The van der Waals surface area contributed by atoms with Gasteiger partial charge in [-0.1, -0.05) is 35.5 Å². The largest absolute Gasteiger partial charge is 0.376 e. The average Bonchev–Trinajstić information content (AvgIpc) is 3.44. The molecule has 0 radical (unpaired) electrons. The summed E-state index contributed by atoms with van der Waals surface area (Å²) in [6, 6.07) is 10.8. The van der Waals surface area contributed by atoms with Crippen LogP contribution in [0.2, 0.25) is 5.02 Å². The van der Waals surface area contributed by atoms with Crippen LogP contribution >= 0.6 is 34.7 Å². The number of ether oxygens (including phenoxy) is 1. The highest BCUT2D eigenvalue weighted by atomic mass is 35.5. The van der Waals surface area contributed by atoms with Crippen molar-refractivity contribution in [3.8, 4) is 0 Å². The molecule has 4 aromatic rings. The quantitative estimate of drug-likeness (QED) is 0.317. The maximum Gasteiger partial charge on any atom is 0.272 e. The van der Waals surface area contributed by atoms with Crippen molar-refractivity contribution in [1.82, 2.24) is 14.5 Å². The molecule has 1 aliphatic rings. The van der Waals surface area contributed by atoms with E-state index in [0.717, 1.165) is 23.1 Å². The fourth-order valence-electron chi connectivity index (χ4n) is 3.68. The topological polar surface area (TPSA) is 86.1 Å². The van der Waals surface area contributed by atoms with E-state index in [1.54, 1.807) is 35.0 Å². The second-order valence-electron chi connectivity index (χ2n) is 7.40. The number of carbonyl (C=O) groups excluding carboxylic acids is 1. The van der Waals surface area contributed by atoms with Gasteiger partial charge in [-0.15, -0.1) is 11.3 Å². The van der Waals surface area contributed by atoms with Gasteiger partial charge in [0.1, 0.15) is 9.53 Å². The lowest BCUT2D eigenvalue weighted by atomic mass is 10.2. The van der Waals surface area contributed by atoms with Crippen LogP contribution in [-0.4, -0.2) is 38.9 Å². The van der Waals surface area contributed by atoms with Crippen molar-refractivity contribution >= 4 is 66.7 Å². The van der Waals surface area contributed by atoms with Crippen molar-refractivity contribution in [2.24, 2.45) is 0 Å². The molecule has 1 saturated heterocycles. The number of fused-ring (bicyclic) bond motifs is 3. The molecule has 1 N–H and O–H groups in total. The molecule has 1 aliphatic heterocycles. The SMILES string of the molecule is O=C(CSc1nc2c(sc3ncccc32)c(=O)n1C[C@H]1CCCO1)Nc1ccccc1Cl. The van der Waals surface area contributed by atoms with E-state index in [1.807, 2.05) is 12.1 Å². The summed E-state index contributed by atoms with van der Waals surface area (Å²) in [5.74, 6) is -0.132. The van der Waals surface area contributed by atoms with E-state index >= 15 is 0 Å². The third-order valence-corrected chi connectivity index (χ3v) is 7.61. The van der Waals surface area contributed by atoms with Crippen molar-refractivity contribution in [1.29, 1.82) is 0 Å². The number of aromatic nitrogens is 3. The smallest absolute Gasteiger partial charge is 0.272 e. The lowest BCUT2D eigenvalue weighted by molar-refractivity contribution is -0.113. The molecule has 32 heavy (non-hydrogen) atoms. The molecule has 4 heterocycles. The minimum absolute atomic E-state index is 0.0317. The van der Waals surface area contributed by atoms with Crippen LogP contribution in [0.1, 0.15) is 12.8 Å². The van der Waals surface area contributed by atoms with Crippen LogP contribution in [0, 0.1) is 0 Å². The lowest BCUT2D eigenvalue weighted by Crippen LogP contribution is -2.28. The fourth-order valence-corrected chi connectivity index (χ4v) is 5.70. The molecule has 1 atom stereocenters. The number of hydrogen-bond acceptors (Lipinski definition) is 7. The Morgan fingerprint density at radius 1 is 1.31 bits per heavy atom. The number of hydrogen-bond donors (Lipinski definition) is 1. The standard InChI is InChI=1S/C22H19ClN4O3S2/c23-15-7-1-2-8-16(15)25-17(28)12-31-22-26-18-14-6-3-9-24-20(14)32-19(18)21(29)27(22)11-13-5-4-10-30-13/h1-3,6-9,13H,4-5,10-12H2,(H,25,28)/t13-/m1/s1. The lowest BCUT2D eigenvalue weighted by Gasteiger charge is -2.15. The summed E-state index contributed by atoms with van der Waals surface area (Å²) >= 11 is 8.71. The molecule has 5 rings (SSSR count). The summed E-state index contributed by atoms with van der Waals surface area (Å²) in [5, 5.41) is 4.62. The number of carbonyl (C=O) groups is 1. The Balaban J connectivity index is 1.48. The molecule has 0 saturated carbocycles. The van der Waals surface area contributed by atoms with Crippen molar-refractivity contribution < 1.29 is 9.53 Å². The molecule has 0 bridgehead atoms. The van der Waals surface area contributed by atoms with Crippen LogP contribution in [0.5, 0.6) is 0 Å². The third-order valence-electron chi connectivity index (χ3n) is 5.21. The van der Waals surface area contributed by atoms with E-state index in [-0.39, 0.29) is 23.3 Å². The maximum absolute atomic E-state index is 13.4. The van der Waals surface area contributed by atoms with E-state index in [0.29, 0.717) is 39.2 Å². The van der Waals surface area contributed by atoms with Crippen molar-refractivity contribution in [3.63, 3.8) is 0 Å². The monoisotopic (exact) mass is 486 g/mol. The van der Waals surface area contributed by atoms with Gasteiger partial charge in [0.2, 0.25) is 5.91 Å². The van der Waals surface area contributed by atoms with Crippen LogP contribution < -0.4 is 10.9 Å². The van der Waals surface area contributed by atoms with Crippen LogP contribution in [0.4, 0.5) is 5.69 Å². The summed E-state index contributed by atoms with van der Waals surface area (Å²) in [6.07, 6.45) is 3.55. The predicted octanol–water partition coefficient (Wildman–Crippen LogP) is 4.57. The predicted molar refractivity (Wildman–Crippen MR) is 129 cm³/mol. The highest BCUT2D eigenvalue weighted by Crippen LogP contribution is 2.31. The van der Waals surface area contributed by atoms with Gasteiger partial charge >= 0.3 is 0 Å². The maximum atomic E-state index is 13.4. The van der Waals surface area contributed by atoms with E-state index in [4.69, 9.17) is 21.3 Å². The Bertz CT molecular complexity index is 1360. The van der Waals surface area contributed by atoms with Gasteiger partial charge < -0.3 is 10.1 Å². The number of rotatable bonds is 6.